The largest absolute Gasteiger partial charge is 0.370 e. The normalized spacial score (nSPS) is 35.8. The molecule has 7 heteroatoms. The van der Waals surface area contributed by atoms with E-state index in [1.807, 2.05) is 10.6 Å². The molecule has 1 unspecified atom stereocenters. The van der Waals surface area contributed by atoms with E-state index in [4.69, 9.17) is 10.4 Å². The lowest BCUT2D eigenvalue weighted by molar-refractivity contribution is -0.329. The van der Waals surface area contributed by atoms with Gasteiger partial charge in [0.05, 0.1) is 0 Å². The molecule has 0 spiro atoms. The van der Waals surface area contributed by atoms with Gasteiger partial charge in [-0.15, -0.1) is 0 Å². The number of hydrogen-bond donors (Lipinski definition) is 4. The van der Waals surface area contributed by atoms with E-state index in [0.717, 1.165) is 6.92 Å². The Bertz CT molecular complexity index is 230. The molecule has 1 aliphatic heterocycles. The van der Waals surface area contributed by atoms with Gasteiger partial charge < -0.3 is 10.4 Å². The highest BCUT2D eigenvalue weighted by molar-refractivity contribution is 6.01. The Labute approximate surface area is 67.2 Å². The molecule has 2 atom stereocenters. The van der Waals surface area contributed by atoms with E-state index in [0.29, 0.717) is 0 Å². The zero-order chi connectivity index (χ0) is 9.35. The molecule has 68 valence electrons. The Morgan fingerprint density at radius 3 is 2.58 bits per heavy atom. The third kappa shape index (κ3) is 1.13. The highest BCUT2D eigenvalue weighted by Gasteiger charge is 2.48. The topological polar surface area (TPSA) is 108 Å². The summed E-state index contributed by atoms with van der Waals surface area (Å²) >= 11 is 0. The van der Waals surface area contributed by atoms with Crippen molar-refractivity contribution in [2.45, 2.75) is 18.8 Å². The first kappa shape index (κ1) is 8.91. The number of nitrogens with one attached hydrogen (secondary N) is 2. The zero-order valence-electron chi connectivity index (χ0n) is 6.20. The van der Waals surface area contributed by atoms with Gasteiger partial charge in [0.15, 0.2) is 6.23 Å². The molecule has 0 aromatic carbocycles. The Hall–Kier alpha value is -1.18. The lowest BCUT2D eigenvalue weighted by Crippen LogP contribution is -2.68. The fraction of sp³-hybridized carbons (Fsp3) is 0.600. The van der Waals surface area contributed by atoms with Gasteiger partial charge in [-0.3, -0.25) is 15.4 Å². The minimum Gasteiger partial charge on any atom is -0.370 e. The molecule has 3 amide bonds. The molecule has 7 nitrogen and oxygen atoms in total. The van der Waals surface area contributed by atoms with E-state index in [1.54, 1.807) is 0 Å². The number of aliphatic hydroxyl groups is 1. The summed E-state index contributed by atoms with van der Waals surface area (Å²) in [6.45, 7) is 1.13. The summed E-state index contributed by atoms with van der Waals surface area (Å²) in [6, 6.07) is -0.831. The second kappa shape index (κ2) is 2.70. The van der Waals surface area contributed by atoms with Crippen molar-refractivity contribution in [1.82, 2.24) is 10.6 Å². The Morgan fingerprint density at radius 1 is 1.58 bits per heavy atom. The van der Waals surface area contributed by atoms with Crippen molar-refractivity contribution in [3.05, 3.63) is 0 Å². The molecule has 0 aromatic heterocycles. The Kier molecular flexibility index (Phi) is 2.01. The van der Waals surface area contributed by atoms with Crippen LogP contribution in [-0.4, -0.2) is 34.1 Å². The standard InChI is InChI=1S/C5H8N2O5/c1-5(12-11)2(8)6-4(10)7-3(5)9/h2,8,11H,1H3,(H2,6,7,9,10)/t2-,5?/m0/s1. The van der Waals surface area contributed by atoms with E-state index in [1.165, 1.54) is 0 Å². The second-order valence-corrected chi connectivity index (χ2v) is 2.53. The first-order valence-electron chi connectivity index (χ1n) is 3.13. The fourth-order valence-corrected chi connectivity index (χ4v) is 0.741. The van der Waals surface area contributed by atoms with Crippen molar-refractivity contribution >= 4 is 11.9 Å². The van der Waals surface area contributed by atoms with Gasteiger partial charge in [-0.25, -0.2) is 9.68 Å². The number of urea groups is 1. The van der Waals surface area contributed by atoms with Crippen molar-refractivity contribution in [3.63, 3.8) is 0 Å². The van der Waals surface area contributed by atoms with Gasteiger partial charge in [-0.1, -0.05) is 0 Å². The molecule has 0 aromatic rings. The molecule has 0 saturated carbocycles. The zero-order valence-corrected chi connectivity index (χ0v) is 6.20. The smallest absolute Gasteiger partial charge is 0.323 e. The number of aliphatic hydroxyl groups excluding tert-OH is 1. The minimum atomic E-state index is -1.85. The van der Waals surface area contributed by atoms with Crippen molar-refractivity contribution < 1.29 is 24.8 Å². The van der Waals surface area contributed by atoms with Crippen LogP contribution in [0.1, 0.15) is 6.92 Å². The van der Waals surface area contributed by atoms with Crippen LogP contribution >= 0.6 is 0 Å². The summed E-state index contributed by atoms with van der Waals surface area (Å²) in [5, 5.41) is 21.2. The van der Waals surface area contributed by atoms with E-state index < -0.39 is 23.8 Å². The number of carbonyl (C=O) groups excluding carboxylic acids is 2. The van der Waals surface area contributed by atoms with Gasteiger partial charge in [0.2, 0.25) is 5.60 Å². The third-order valence-corrected chi connectivity index (χ3v) is 1.66. The number of imide groups is 1. The van der Waals surface area contributed by atoms with Crippen LogP contribution < -0.4 is 10.6 Å². The predicted molar refractivity (Wildman–Crippen MR) is 34.8 cm³/mol. The number of amides is 3. The summed E-state index contributed by atoms with van der Waals surface area (Å²) in [5.74, 6) is -0.902. The van der Waals surface area contributed by atoms with E-state index >= 15 is 0 Å². The summed E-state index contributed by atoms with van der Waals surface area (Å²) in [4.78, 5) is 25.3. The molecule has 1 rings (SSSR count). The van der Waals surface area contributed by atoms with Crippen LogP contribution in [0.3, 0.4) is 0 Å². The molecule has 1 fully saturated rings. The van der Waals surface area contributed by atoms with Crippen molar-refractivity contribution in [2.75, 3.05) is 0 Å². The average Bonchev–Trinajstić information content (AvgIpc) is 2.00. The Morgan fingerprint density at radius 2 is 2.17 bits per heavy atom. The molecule has 1 heterocycles. The van der Waals surface area contributed by atoms with Gasteiger partial charge in [0.25, 0.3) is 5.91 Å². The molecule has 1 saturated heterocycles. The predicted octanol–water partition coefficient (Wildman–Crippen LogP) is -1.61. The third-order valence-electron chi connectivity index (χ3n) is 1.66. The maximum Gasteiger partial charge on any atom is 0.323 e. The highest BCUT2D eigenvalue weighted by Crippen LogP contribution is 2.15. The number of carbonyl (C=O) groups is 2. The van der Waals surface area contributed by atoms with Gasteiger partial charge in [0, 0.05) is 0 Å². The molecule has 0 radical (unpaired) electrons. The van der Waals surface area contributed by atoms with Crippen molar-refractivity contribution in [3.8, 4) is 0 Å². The molecule has 0 bridgehead atoms. The summed E-state index contributed by atoms with van der Waals surface area (Å²) in [5.41, 5.74) is -1.85. The fourth-order valence-electron chi connectivity index (χ4n) is 0.741. The van der Waals surface area contributed by atoms with Crippen LogP contribution in [0.4, 0.5) is 4.79 Å². The quantitative estimate of drug-likeness (QED) is 0.284. The van der Waals surface area contributed by atoms with Crippen LogP contribution in [0.15, 0.2) is 0 Å². The maximum absolute atomic E-state index is 11.0. The number of rotatable bonds is 1. The molecule has 12 heavy (non-hydrogen) atoms. The van der Waals surface area contributed by atoms with Crippen LogP contribution in [0.25, 0.3) is 0 Å². The van der Waals surface area contributed by atoms with E-state index in [2.05, 4.69) is 4.89 Å². The van der Waals surface area contributed by atoms with Crippen LogP contribution in [0.2, 0.25) is 0 Å². The monoisotopic (exact) mass is 176 g/mol. The minimum absolute atomic E-state index is 0.831. The lowest BCUT2D eigenvalue weighted by Gasteiger charge is -2.33. The van der Waals surface area contributed by atoms with Crippen molar-refractivity contribution in [2.24, 2.45) is 0 Å². The van der Waals surface area contributed by atoms with E-state index in [-0.39, 0.29) is 0 Å². The Balaban J connectivity index is 2.87. The van der Waals surface area contributed by atoms with Gasteiger partial charge in [-0.05, 0) is 6.92 Å². The first-order chi connectivity index (χ1) is 5.50. The molecule has 1 aliphatic rings. The average molecular weight is 176 g/mol. The van der Waals surface area contributed by atoms with Crippen LogP contribution in [-0.2, 0) is 9.68 Å². The van der Waals surface area contributed by atoms with Crippen LogP contribution in [0.5, 0.6) is 0 Å². The first-order valence-corrected chi connectivity index (χ1v) is 3.13. The summed E-state index contributed by atoms with van der Waals surface area (Å²) in [7, 11) is 0. The maximum atomic E-state index is 11.0. The van der Waals surface area contributed by atoms with Gasteiger partial charge in [0.1, 0.15) is 0 Å². The van der Waals surface area contributed by atoms with Gasteiger partial charge >= 0.3 is 6.03 Å². The molecular weight excluding hydrogens is 168 g/mol. The van der Waals surface area contributed by atoms with Gasteiger partial charge in [-0.2, -0.15) is 0 Å². The second-order valence-electron chi connectivity index (χ2n) is 2.53. The van der Waals surface area contributed by atoms with E-state index in [9.17, 15) is 9.59 Å². The SMILES string of the molecule is CC1(OO)C(=O)NC(=O)N[C@H]1O. The summed E-state index contributed by atoms with van der Waals surface area (Å²) in [6.07, 6.45) is -1.57. The summed E-state index contributed by atoms with van der Waals surface area (Å²) < 4.78 is 0. The number of hydrogen-bond acceptors (Lipinski definition) is 5. The van der Waals surface area contributed by atoms with Crippen molar-refractivity contribution in [1.29, 1.82) is 0 Å². The van der Waals surface area contributed by atoms with Crippen LogP contribution in [0, 0.1) is 0 Å². The highest BCUT2D eigenvalue weighted by atomic mass is 17.1. The lowest BCUT2D eigenvalue weighted by atomic mass is 10.0. The molecule has 4 N–H and O–H groups in total. The molecule has 0 aliphatic carbocycles. The molecular formula is C5H8N2O5.